The van der Waals surface area contributed by atoms with Crippen LogP contribution in [0.3, 0.4) is 0 Å². The monoisotopic (exact) mass is 259 g/mol. The summed E-state index contributed by atoms with van der Waals surface area (Å²) in [6.07, 6.45) is 5.63. The third kappa shape index (κ3) is 2.40. The van der Waals surface area contributed by atoms with Crippen molar-refractivity contribution in [3.8, 4) is 0 Å². The highest BCUT2D eigenvalue weighted by Gasteiger charge is 2.10. The molecule has 0 fully saturated rings. The number of nitrogens with zero attached hydrogens (tertiary/aromatic N) is 1. The molecule has 0 unspecified atom stereocenters. The van der Waals surface area contributed by atoms with Crippen LogP contribution in [0.1, 0.15) is 28.0 Å². The van der Waals surface area contributed by atoms with Crippen molar-refractivity contribution in [1.82, 2.24) is 4.98 Å². The number of nitrogens with one attached hydrogen (secondary N) is 1. The number of rotatable bonds is 4. The molecule has 1 aliphatic carbocycles. The summed E-state index contributed by atoms with van der Waals surface area (Å²) >= 11 is 1.63. The minimum absolute atomic E-state index is 0.568. The van der Waals surface area contributed by atoms with Gasteiger partial charge in [-0.05, 0) is 36.0 Å². The first-order chi connectivity index (χ1) is 8.85. The zero-order chi connectivity index (χ0) is 12.4. The molecular weight excluding hydrogens is 242 g/mol. The quantitative estimate of drug-likeness (QED) is 0.887. The van der Waals surface area contributed by atoms with E-state index in [4.69, 9.17) is 5.73 Å². The number of fused-ring (bicyclic) bond motifs is 1. The molecule has 18 heavy (non-hydrogen) atoms. The first-order valence-corrected chi connectivity index (χ1v) is 7.16. The van der Waals surface area contributed by atoms with Gasteiger partial charge >= 0.3 is 0 Å². The Balaban J connectivity index is 1.66. The van der Waals surface area contributed by atoms with Gasteiger partial charge < -0.3 is 11.1 Å². The third-order valence-corrected chi connectivity index (χ3v) is 4.34. The van der Waals surface area contributed by atoms with E-state index in [-0.39, 0.29) is 0 Å². The van der Waals surface area contributed by atoms with Crippen LogP contribution < -0.4 is 11.1 Å². The highest BCUT2D eigenvalue weighted by atomic mass is 32.1. The topological polar surface area (TPSA) is 50.9 Å². The minimum Gasteiger partial charge on any atom is -0.357 e. The van der Waals surface area contributed by atoms with Gasteiger partial charge in [-0.15, -0.1) is 11.3 Å². The van der Waals surface area contributed by atoms with Gasteiger partial charge in [0, 0.05) is 24.2 Å². The summed E-state index contributed by atoms with van der Waals surface area (Å²) in [5.74, 6) is 0. The SMILES string of the molecule is NCc1cnc(NCc2ccc3c(c2)CCC3)s1. The van der Waals surface area contributed by atoms with Crippen LogP contribution in [0.2, 0.25) is 0 Å². The summed E-state index contributed by atoms with van der Waals surface area (Å²) in [7, 11) is 0. The fourth-order valence-corrected chi connectivity index (χ4v) is 3.08. The summed E-state index contributed by atoms with van der Waals surface area (Å²) in [5.41, 5.74) is 9.96. The van der Waals surface area contributed by atoms with Crippen LogP contribution in [0.25, 0.3) is 0 Å². The molecule has 0 bridgehead atoms. The molecule has 94 valence electrons. The highest BCUT2D eigenvalue weighted by Crippen LogP contribution is 2.24. The Morgan fingerprint density at radius 2 is 2.17 bits per heavy atom. The minimum atomic E-state index is 0.568. The van der Waals surface area contributed by atoms with Crippen molar-refractivity contribution in [2.75, 3.05) is 5.32 Å². The highest BCUT2D eigenvalue weighted by molar-refractivity contribution is 7.15. The van der Waals surface area contributed by atoms with Crippen LogP contribution in [-0.4, -0.2) is 4.98 Å². The van der Waals surface area contributed by atoms with E-state index in [1.165, 1.54) is 36.0 Å². The second-order valence-corrected chi connectivity index (χ2v) is 5.76. The molecule has 2 aromatic rings. The Hall–Kier alpha value is -1.39. The maximum absolute atomic E-state index is 5.57. The van der Waals surface area contributed by atoms with E-state index in [1.54, 1.807) is 11.3 Å². The molecule has 1 aromatic carbocycles. The number of thiazole rings is 1. The number of benzene rings is 1. The zero-order valence-corrected chi connectivity index (χ0v) is 11.1. The second kappa shape index (κ2) is 5.08. The van der Waals surface area contributed by atoms with E-state index in [0.29, 0.717) is 6.54 Å². The van der Waals surface area contributed by atoms with Gasteiger partial charge in [0.25, 0.3) is 0 Å². The smallest absolute Gasteiger partial charge is 0.183 e. The average Bonchev–Trinajstić information content (AvgIpc) is 3.04. The number of aromatic nitrogens is 1. The van der Waals surface area contributed by atoms with Crippen molar-refractivity contribution in [3.05, 3.63) is 46.0 Å². The molecular formula is C14H17N3S. The van der Waals surface area contributed by atoms with Crippen molar-refractivity contribution in [2.24, 2.45) is 5.73 Å². The predicted molar refractivity (Wildman–Crippen MR) is 75.8 cm³/mol. The Morgan fingerprint density at radius 3 is 3.00 bits per heavy atom. The van der Waals surface area contributed by atoms with Gasteiger partial charge in [0.2, 0.25) is 0 Å². The molecule has 0 saturated carbocycles. The fraction of sp³-hybridized carbons (Fsp3) is 0.357. The van der Waals surface area contributed by atoms with Gasteiger partial charge in [0.15, 0.2) is 5.13 Å². The van der Waals surface area contributed by atoms with Gasteiger partial charge in [-0.1, -0.05) is 18.2 Å². The van der Waals surface area contributed by atoms with E-state index in [2.05, 4.69) is 28.5 Å². The molecule has 0 amide bonds. The maximum Gasteiger partial charge on any atom is 0.183 e. The molecule has 0 radical (unpaired) electrons. The fourth-order valence-electron chi connectivity index (χ4n) is 2.40. The van der Waals surface area contributed by atoms with Crippen LogP contribution in [-0.2, 0) is 25.9 Å². The number of hydrogen-bond donors (Lipinski definition) is 2. The lowest BCUT2D eigenvalue weighted by Crippen LogP contribution is -1.99. The van der Waals surface area contributed by atoms with Crippen LogP contribution in [0.5, 0.6) is 0 Å². The standard InChI is InChI=1S/C14H17N3S/c15-7-13-9-17-14(18-13)16-8-10-4-5-11-2-1-3-12(11)6-10/h4-6,9H,1-3,7-8,15H2,(H,16,17). The van der Waals surface area contributed by atoms with Gasteiger partial charge in [-0.2, -0.15) is 0 Å². The maximum atomic E-state index is 5.57. The first kappa shape index (κ1) is 11.7. The summed E-state index contributed by atoms with van der Waals surface area (Å²) in [5, 5.41) is 4.31. The van der Waals surface area contributed by atoms with Gasteiger partial charge in [0.1, 0.15) is 0 Å². The lowest BCUT2D eigenvalue weighted by molar-refractivity contribution is 0.911. The van der Waals surface area contributed by atoms with E-state index in [0.717, 1.165) is 16.6 Å². The Kier molecular flexibility index (Phi) is 3.30. The molecule has 0 saturated heterocycles. The molecule has 0 atom stereocenters. The number of nitrogens with two attached hydrogens (primary N) is 1. The van der Waals surface area contributed by atoms with Crippen LogP contribution in [0.4, 0.5) is 5.13 Å². The predicted octanol–water partition coefficient (Wildman–Crippen LogP) is 2.70. The van der Waals surface area contributed by atoms with E-state index >= 15 is 0 Å². The Bertz CT molecular complexity index is 548. The van der Waals surface area contributed by atoms with Crippen LogP contribution in [0, 0.1) is 0 Å². The first-order valence-electron chi connectivity index (χ1n) is 6.34. The molecule has 1 aromatic heterocycles. The van der Waals surface area contributed by atoms with Gasteiger partial charge in [-0.3, -0.25) is 0 Å². The molecule has 3 rings (SSSR count). The molecule has 3 nitrogen and oxygen atoms in total. The molecule has 0 aliphatic heterocycles. The zero-order valence-electron chi connectivity index (χ0n) is 10.3. The normalized spacial score (nSPS) is 13.6. The molecule has 0 spiro atoms. The van der Waals surface area contributed by atoms with E-state index in [9.17, 15) is 0 Å². The van der Waals surface area contributed by atoms with Crippen molar-refractivity contribution in [2.45, 2.75) is 32.4 Å². The van der Waals surface area contributed by atoms with Crippen molar-refractivity contribution >= 4 is 16.5 Å². The number of aryl methyl sites for hydroxylation is 2. The lowest BCUT2D eigenvalue weighted by Gasteiger charge is -2.05. The van der Waals surface area contributed by atoms with Crippen LogP contribution >= 0.6 is 11.3 Å². The van der Waals surface area contributed by atoms with Crippen molar-refractivity contribution < 1.29 is 0 Å². The lowest BCUT2D eigenvalue weighted by atomic mass is 10.1. The Morgan fingerprint density at radius 1 is 1.28 bits per heavy atom. The van der Waals surface area contributed by atoms with Crippen LogP contribution in [0.15, 0.2) is 24.4 Å². The number of anilines is 1. The average molecular weight is 259 g/mol. The van der Waals surface area contributed by atoms with Gasteiger partial charge in [-0.25, -0.2) is 4.98 Å². The second-order valence-electron chi connectivity index (χ2n) is 4.65. The Labute approximate surface area is 111 Å². The summed E-state index contributed by atoms with van der Waals surface area (Å²) in [4.78, 5) is 5.42. The molecule has 3 N–H and O–H groups in total. The van der Waals surface area contributed by atoms with Crippen molar-refractivity contribution in [1.29, 1.82) is 0 Å². The summed E-state index contributed by atoms with van der Waals surface area (Å²) < 4.78 is 0. The summed E-state index contributed by atoms with van der Waals surface area (Å²) in [6, 6.07) is 6.81. The molecule has 4 heteroatoms. The van der Waals surface area contributed by atoms with Crippen molar-refractivity contribution in [3.63, 3.8) is 0 Å². The van der Waals surface area contributed by atoms with E-state index in [1.807, 2.05) is 6.20 Å². The third-order valence-electron chi connectivity index (χ3n) is 3.36. The van der Waals surface area contributed by atoms with Gasteiger partial charge in [0.05, 0.1) is 0 Å². The molecule has 1 heterocycles. The largest absolute Gasteiger partial charge is 0.357 e. The number of hydrogen-bond acceptors (Lipinski definition) is 4. The van der Waals surface area contributed by atoms with E-state index < -0.39 is 0 Å². The molecule has 1 aliphatic rings. The summed E-state index contributed by atoms with van der Waals surface area (Å²) in [6.45, 7) is 1.41.